The Morgan fingerprint density at radius 3 is 2.63 bits per heavy atom. The molecule has 0 radical (unpaired) electrons. The number of aromatic nitrogens is 1. The molecule has 2 aromatic rings. The predicted octanol–water partition coefficient (Wildman–Crippen LogP) is 4.23. The maximum Gasteiger partial charge on any atom is 0.212 e. The van der Waals surface area contributed by atoms with E-state index in [-0.39, 0.29) is 5.56 Å². The molecule has 1 nitrogen and oxygen atoms in total. The standard InChI is InChI=1S/C18H24N/c1-12(2)16-9-15(5)17(10-14(16)4)18-8-7-13(3)11-19(18)6/h7-12H,1-6H3/q+1/i1D3,2D3,3D3,4D3,12D. The van der Waals surface area contributed by atoms with Gasteiger partial charge >= 0.3 is 0 Å². The summed E-state index contributed by atoms with van der Waals surface area (Å²) in [6.45, 7) is -10.4. The molecule has 1 aromatic carbocycles. The molecule has 0 saturated carbocycles. The van der Waals surface area contributed by atoms with Crippen molar-refractivity contribution in [2.75, 3.05) is 0 Å². The molecule has 19 heavy (non-hydrogen) atoms. The molecule has 0 bridgehead atoms. The maximum atomic E-state index is 8.45. The van der Waals surface area contributed by atoms with Gasteiger partial charge in [-0.2, -0.15) is 0 Å². The average molecular weight is 267 g/mol. The average Bonchev–Trinajstić information content (AvgIpc) is 2.57. The van der Waals surface area contributed by atoms with E-state index in [1.54, 1.807) is 14.0 Å². The van der Waals surface area contributed by atoms with Crippen LogP contribution in [0, 0.1) is 20.6 Å². The molecule has 1 heteroatoms. The molecule has 0 spiro atoms. The molecule has 0 N–H and O–H groups in total. The first-order valence-corrected chi connectivity index (χ1v) is 5.78. The van der Waals surface area contributed by atoms with Crippen LogP contribution in [-0.4, -0.2) is 0 Å². The van der Waals surface area contributed by atoms with Gasteiger partial charge < -0.3 is 0 Å². The van der Waals surface area contributed by atoms with Crippen LogP contribution in [0.25, 0.3) is 11.3 Å². The number of nitrogens with zero attached hydrogens (tertiary/aromatic N) is 1. The fourth-order valence-electron chi connectivity index (χ4n) is 2.08. The minimum Gasteiger partial charge on any atom is -0.201 e. The van der Waals surface area contributed by atoms with Crippen molar-refractivity contribution in [2.45, 2.75) is 40.2 Å². The Morgan fingerprint density at radius 1 is 1.16 bits per heavy atom. The molecule has 0 aliphatic carbocycles. The Labute approximate surface area is 135 Å². The number of hydrogen-bond donors (Lipinski definition) is 0. The quantitative estimate of drug-likeness (QED) is 0.717. The zero-order valence-corrected chi connectivity index (χ0v) is 10.8. The number of benzene rings is 1. The molecule has 2 rings (SSSR count). The van der Waals surface area contributed by atoms with Crippen LogP contribution in [0.5, 0.6) is 0 Å². The summed E-state index contributed by atoms with van der Waals surface area (Å²) in [5.41, 5.74) is 0.0315. The van der Waals surface area contributed by atoms with E-state index in [4.69, 9.17) is 17.8 Å². The van der Waals surface area contributed by atoms with E-state index < -0.39 is 44.4 Å². The van der Waals surface area contributed by atoms with Crippen LogP contribution in [0.2, 0.25) is 0 Å². The minimum absolute atomic E-state index is 0.0732. The van der Waals surface area contributed by atoms with E-state index >= 15 is 0 Å². The summed E-state index contributed by atoms with van der Waals surface area (Å²) in [7, 11) is 1.58. The molecule has 0 saturated heterocycles. The normalized spacial score (nSPS) is 24.4. The number of rotatable bonds is 2. The van der Waals surface area contributed by atoms with Crippen LogP contribution in [0.1, 0.15) is 59.7 Å². The molecule has 0 unspecified atom stereocenters. The third-order valence-electron chi connectivity index (χ3n) is 3.04. The molecule has 1 heterocycles. The van der Waals surface area contributed by atoms with Crippen LogP contribution in [0.4, 0.5) is 0 Å². The molecule has 0 atom stereocenters. The van der Waals surface area contributed by atoms with E-state index in [1.165, 1.54) is 29.0 Å². The summed E-state index contributed by atoms with van der Waals surface area (Å²) in [6, 6.07) is 5.17. The summed E-state index contributed by atoms with van der Waals surface area (Å²) in [4.78, 5) is 0. The molecular formula is C18H24N+. The third kappa shape index (κ3) is 2.70. The van der Waals surface area contributed by atoms with Gasteiger partial charge in [0.2, 0.25) is 5.69 Å². The van der Waals surface area contributed by atoms with Crippen LogP contribution >= 0.6 is 0 Å². The first-order valence-electron chi connectivity index (χ1n) is 12.3. The zero-order valence-electron chi connectivity index (χ0n) is 23.8. The summed E-state index contributed by atoms with van der Waals surface area (Å²) in [6.07, 6.45) is 1.38. The van der Waals surface area contributed by atoms with Crippen LogP contribution in [0.3, 0.4) is 0 Å². The molecule has 0 aliphatic heterocycles. The van der Waals surface area contributed by atoms with Gasteiger partial charge in [0.05, 0.1) is 0 Å². The van der Waals surface area contributed by atoms with Crippen molar-refractivity contribution < 1.29 is 22.4 Å². The van der Waals surface area contributed by atoms with Gasteiger partial charge in [-0.25, -0.2) is 4.57 Å². The van der Waals surface area contributed by atoms with Gasteiger partial charge in [-0.3, -0.25) is 0 Å². The molecule has 0 fully saturated rings. The number of aryl methyl sites for hydroxylation is 4. The SMILES string of the molecule is [2H]C([2H])([2H])c1ccc(-c2cc(C([2H])([2H])[2H])c(C([2H])(C([2H])([2H])[2H])C([2H])([2H])[2H])cc2C)[n+](C)c1. The van der Waals surface area contributed by atoms with Crippen molar-refractivity contribution >= 4 is 0 Å². The van der Waals surface area contributed by atoms with Gasteiger partial charge in [-0.1, -0.05) is 19.8 Å². The van der Waals surface area contributed by atoms with Gasteiger partial charge in [0, 0.05) is 35.0 Å². The van der Waals surface area contributed by atoms with Crippen molar-refractivity contribution in [3.05, 3.63) is 52.7 Å². The molecule has 100 valence electrons. The van der Waals surface area contributed by atoms with Crippen LogP contribution in [-0.2, 0) is 7.05 Å². The summed E-state index contributed by atoms with van der Waals surface area (Å²) < 4.78 is 103. The lowest BCUT2D eigenvalue weighted by atomic mass is 9.92. The van der Waals surface area contributed by atoms with Crippen molar-refractivity contribution in [3.63, 3.8) is 0 Å². The van der Waals surface area contributed by atoms with Gasteiger partial charge in [0.15, 0.2) is 6.20 Å². The monoisotopic (exact) mass is 267 g/mol. The second-order valence-corrected chi connectivity index (χ2v) is 4.50. The Balaban J connectivity index is 2.90. The largest absolute Gasteiger partial charge is 0.212 e. The number of hydrogen-bond acceptors (Lipinski definition) is 0. The summed E-state index contributed by atoms with van der Waals surface area (Å²) in [5, 5.41) is 0. The van der Waals surface area contributed by atoms with E-state index in [9.17, 15) is 0 Å². The highest BCUT2D eigenvalue weighted by molar-refractivity contribution is 5.63. The fourth-order valence-corrected chi connectivity index (χ4v) is 2.08. The molecule has 0 aliphatic rings. The second kappa shape index (κ2) is 5.16. The van der Waals surface area contributed by atoms with Gasteiger partial charge in [-0.05, 0) is 55.3 Å². The predicted molar refractivity (Wildman–Crippen MR) is 81.4 cm³/mol. The molecule has 1 aromatic heterocycles. The highest BCUT2D eigenvalue weighted by Crippen LogP contribution is 2.28. The van der Waals surface area contributed by atoms with Crippen molar-refractivity contribution in [2.24, 2.45) is 7.05 Å². The lowest BCUT2D eigenvalue weighted by molar-refractivity contribution is -0.660. The smallest absolute Gasteiger partial charge is 0.201 e. The van der Waals surface area contributed by atoms with E-state index in [0.717, 1.165) is 6.07 Å². The van der Waals surface area contributed by atoms with E-state index in [2.05, 4.69) is 0 Å². The van der Waals surface area contributed by atoms with Gasteiger partial charge in [0.25, 0.3) is 0 Å². The Morgan fingerprint density at radius 2 is 2.00 bits per heavy atom. The van der Waals surface area contributed by atoms with E-state index in [0.29, 0.717) is 16.8 Å². The third-order valence-corrected chi connectivity index (χ3v) is 3.04. The summed E-state index contributed by atoms with van der Waals surface area (Å²) in [5.74, 6) is -3.17. The van der Waals surface area contributed by atoms with Crippen molar-refractivity contribution in [1.29, 1.82) is 0 Å². The minimum atomic E-state index is -3.34. The Kier molecular flexibility index (Phi) is 1.29. The van der Waals surface area contributed by atoms with Gasteiger partial charge in [0.1, 0.15) is 7.05 Å². The van der Waals surface area contributed by atoms with Gasteiger partial charge in [-0.15, -0.1) is 0 Å². The first-order chi connectivity index (χ1) is 14.1. The van der Waals surface area contributed by atoms with Crippen LogP contribution in [0.15, 0.2) is 30.5 Å². The maximum absolute atomic E-state index is 8.45. The molecular weight excluding hydrogens is 230 g/mol. The highest BCUT2D eigenvalue weighted by Gasteiger charge is 2.15. The summed E-state index contributed by atoms with van der Waals surface area (Å²) >= 11 is 0. The van der Waals surface area contributed by atoms with E-state index in [1.807, 2.05) is 0 Å². The zero-order chi connectivity index (χ0) is 25.1. The first kappa shape index (κ1) is 4.73. The highest BCUT2D eigenvalue weighted by atomic mass is 14.9. The Bertz CT molecular complexity index is 996. The second-order valence-electron chi connectivity index (χ2n) is 4.50. The topological polar surface area (TPSA) is 3.88 Å². The lowest BCUT2D eigenvalue weighted by Gasteiger charge is -2.14. The number of pyridine rings is 1. The van der Waals surface area contributed by atoms with Crippen LogP contribution < -0.4 is 4.57 Å². The van der Waals surface area contributed by atoms with Crippen molar-refractivity contribution in [1.82, 2.24) is 0 Å². The fraction of sp³-hybridized carbons (Fsp3) is 0.389. The lowest BCUT2D eigenvalue weighted by Crippen LogP contribution is -2.31. The molecule has 0 amide bonds. The van der Waals surface area contributed by atoms with Crippen molar-refractivity contribution in [3.8, 4) is 11.3 Å². The Hall–Kier alpha value is -1.63.